The molecule has 1 aromatic heterocycles. The molecule has 0 radical (unpaired) electrons. The Hall–Kier alpha value is -2.36. The van der Waals surface area contributed by atoms with Crippen LogP contribution in [0, 0.1) is 5.92 Å². The SMILES string of the molecule is CC(C)c1ccc(CC2CCN(C(=O)c3cccc(=O)[nH]3)CC2)cc1. The average molecular weight is 338 g/mol. The third kappa shape index (κ3) is 4.38. The highest BCUT2D eigenvalue weighted by Gasteiger charge is 2.24. The minimum absolute atomic E-state index is 0.0718. The van der Waals surface area contributed by atoms with Gasteiger partial charge in [-0.2, -0.15) is 0 Å². The van der Waals surface area contributed by atoms with Crippen LogP contribution in [0.15, 0.2) is 47.3 Å². The Balaban J connectivity index is 1.55. The van der Waals surface area contributed by atoms with Gasteiger partial charge >= 0.3 is 0 Å². The number of carbonyl (C=O) groups is 1. The summed E-state index contributed by atoms with van der Waals surface area (Å²) in [4.78, 5) is 28.3. The van der Waals surface area contributed by atoms with E-state index >= 15 is 0 Å². The zero-order valence-electron chi connectivity index (χ0n) is 15.0. The van der Waals surface area contributed by atoms with Crippen LogP contribution in [0.5, 0.6) is 0 Å². The molecule has 1 aromatic carbocycles. The highest BCUT2D eigenvalue weighted by atomic mass is 16.2. The summed E-state index contributed by atoms with van der Waals surface area (Å²) >= 11 is 0. The fraction of sp³-hybridized carbons (Fsp3) is 0.429. The lowest BCUT2D eigenvalue weighted by Crippen LogP contribution is -2.39. The number of hydrogen-bond acceptors (Lipinski definition) is 2. The summed E-state index contributed by atoms with van der Waals surface area (Å²) in [5.41, 5.74) is 2.91. The molecule has 3 rings (SSSR count). The van der Waals surface area contributed by atoms with Crippen LogP contribution in [0.1, 0.15) is 54.2 Å². The van der Waals surface area contributed by atoms with Crippen molar-refractivity contribution in [3.05, 3.63) is 69.6 Å². The van der Waals surface area contributed by atoms with Gasteiger partial charge in [-0.15, -0.1) is 0 Å². The van der Waals surface area contributed by atoms with Crippen LogP contribution in [0.2, 0.25) is 0 Å². The Morgan fingerprint density at radius 2 is 1.80 bits per heavy atom. The second kappa shape index (κ2) is 7.68. The van der Waals surface area contributed by atoms with Gasteiger partial charge in [-0.05, 0) is 48.3 Å². The first-order chi connectivity index (χ1) is 12.0. The molecule has 25 heavy (non-hydrogen) atoms. The summed E-state index contributed by atoms with van der Waals surface area (Å²) in [6.07, 6.45) is 3.09. The number of likely N-dealkylation sites (tertiary alicyclic amines) is 1. The molecule has 0 aliphatic carbocycles. The maximum Gasteiger partial charge on any atom is 0.270 e. The molecule has 2 heterocycles. The maximum atomic E-state index is 12.5. The molecule has 1 fully saturated rings. The molecule has 1 saturated heterocycles. The van der Waals surface area contributed by atoms with E-state index in [-0.39, 0.29) is 11.5 Å². The van der Waals surface area contributed by atoms with Gasteiger partial charge in [-0.3, -0.25) is 9.59 Å². The normalized spacial score (nSPS) is 15.6. The fourth-order valence-electron chi connectivity index (χ4n) is 3.46. The number of benzene rings is 1. The van der Waals surface area contributed by atoms with E-state index in [1.54, 1.807) is 12.1 Å². The Morgan fingerprint density at radius 3 is 2.40 bits per heavy atom. The van der Waals surface area contributed by atoms with Gasteiger partial charge in [0.25, 0.3) is 5.91 Å². The molecule has 0 unspecified atom stereocenters. The topological polar surface area (TPSA) is 53.2 Å². The van der Waals surface area contributed by atoms with Crippen LogP contribution in [0.25, 0.3) is 0 Å². The minimum atomic E-state index is -0.231. The van der Waals surface area contributed by atoms with Crippen LogP contribution >= 0.6 is 0 Å². The third-order valence-electron chi connectivity index (χ3n) is 5.07. The van der Waals surface area contributed by atoms with Crippen LogP contribution in [0.4, 0.5) is 0 Å². The number of aromatic amines is 1. The number of carbonyl (C=O) groups excluding carboxylic acids is 1. The molecule has 0 saturated carbocycles. The second-order valence-electron chi connectivity index (χ2n) is 7.26. The van der Waals surface area contributed by atoms with Gasteiger partial charge in [0.1, 0.15) is 5.69 Å². The summed E-state index contributed by atoms with van der Waals surface area (Å²) in [5.74, 6) is 1.11. The summed E-state index contributed by atoms with van der Waals surface area (Å²) in [5, 5.41) is 0. The summed E-state index contributed by atoms with van der Waals surface area (Å²) in [6, 6.07) is 13.7. The average Bonchev–Trinajstić information content (AvgIpc) is 2.62. The molecule has 0 spiro atoms. The van der Waals surface area contributed by atoms with Crippen LogP contribution < -0.4 is 5.56 Å². The Morgan fingerprint density at radius 1 is 1.12 bits per heavy atom. The number of aromatic nitrogens is 1. The third-order valence-corrected chi connectivity index (χ3v) is 5.07. The zero-order chi connectivity index (χ0) is 17.8. The minimum Gasteiger partial charge on any atom is -0.337 e. The molecule has 0 bridgehead atoms. The molecular formula is C21H26N2O2. The molecule has 132 valence electrons. The number of H-pyrrole nitrogens is 1. The smallest absolute Gasteiger partial charge is 0.270 e. The Bertz CT molecular complexity index is 769. The van der Waals surface area contributed by atoms with Crippen LogP contribution in [-0.2, 0) is 6.42 Å². The van der Waals surface area contributed by atoms with E-state index in [2.05, 4.69) is 43.1 Å². The van der Waals surface area contributed by atoms with Gasteiger partial charge in [0.05, 0.1) is 0 Å². The van der Waals surface area contributed by atoms with Crippen molar-refractivity contribution in [1.82, 2.24) is 9.88 Å². The molecule has 1 aliphatic rings. The monoisotopic (exact) mass is 338 g/mol. The number of pyridine rings is 1. The van der Waals surface area contributed by atoms with Gasteiger partial charge in [0.15, 0.2) is 0 Å². The second-order valence-corrected chi connectivity index (χ2v) is 7.26. The summed E-state index contributed by atoms with van der Waals surface area (Å²) in [7, 11) is 0. The first-order valence-corrected chi connectivity index (χ1v) is 9.10. The largest absolute Gasteiger partial charge is 0.337 e. The van der Waals surface area contributed by atoms with E-state index < -0.39 is 0 Å². The lowest BCUT2D eigenvalue weighted by molar-refractivity contribution is 0.0684. The lowest BCUT2D eigenvalue weighted by Gasteiger charge is -2.32. The van der Waals surface area contributed by atoms with E-state index in [0.29, 0.717) is 17.5 Å². The number of nitrogens with zero attached hydrogens (tertiary/aromatic N) is 1. The van der Waals surface area contributed by atoms with Crippen molar-refractivity contribution in [1.29, 1.82) is 0 Å². The predicted octanol–water partition coefficient (Wildman–Crippen LogP) is 3.59. The molecule has 1 aliphatic heterocycles. The van der Waals surface area contributed by atoms with Gasteiger partial charge < -0.3 is 9.88 Å². The highest BCUT2D eigenvalue weighted by Crippen LogP contribution is 2.23. The standard InChI is InChI=1S/C21H26N2O2/c1-15(2)18-8-6-16(7-9-18)14-17-10-12-23(13-11-17)21(25)19-4-3-5-20(24)22-19/h3-9,15,17H,10-14H2,1-2H3,(H,22,24). The molecule has 1 N–H and O–H groups in total. The molecule has 2 aromatic rings. The van der Waals surface area contributed by atoms with E-state index in [4.69, 9.17) is 0 Å². The number of piperidine rings is 1. The fourth-order valence-corrected chi connectivity index (χ4v) is 3.46. The maximum absolute atomic E-state index is 12.5. The Kier molecular flexibility index (Phi) is 5.37. The lowest BCUT2D eigenvalue weighted by atomic mass is 9.89. The number of nitrogens with one attached hydrogen (secondary N) is 1. The molecule has 1 amide bonds. The highest BCUT2D eigenvalue weighted by molar-refractivity contribution is 5.92. The van der Waals surface area contributed by atoms with Crippen LogP contribution in [-0.4, -0.2) is 28.9 Å². The first-order valence-electron chi connectivity index (χ1n) is 9.10. The number of amides is 1. The molecule has 0 atom stereocenters. The summed E-state index contributed by atoms with van der Waals surface area (Å²) in [6.45, 7) is 5.93. The van der Waals surface area contributed by atoms with Crippen molar-refractivity contribution in [3.63, 3.8) is 0 Å². The van der Waals surface area contributed by atoms with E-state index in [0.717, 1.165) is 32.4 Å². The quantitative estimate of drug-likeness (QED) is 0.926. The first kappa shape index (κ1) is 17.5. The van der Waals surface area contributed by atoms with Crippen molar-refractivity contribution in [2.75, 3.05) is 13.1 Å². The molecule has 4 heteroatoms. The van der Waals surface area contributed by atoms with Crippen molar-refractivity contribution in [2.45, 2.75) is 39.0 Å². The van der Waals surface area contributed by atoms with Crippen molar-refractivity contribution >= 4 is 5.91 Å². The van der Waals surface area contributed by atoms with Gasteiger partial charge in [-0.25, -0.2) is 0 Å². The zero-order valence-corrected chi connectivity index (χ0v) is 15.0. The van der Waals surface area contributed by atoms with Gasteiger partial charge in [-0.1, -0.05) is 44.2 Å². The number of rotatable bonds is 4. The summed E-state index contributed by atoms with van der Waals surface area (Å²) < 4.78 is 0. The van der Waals surface area contributed by atoms with E-state index in [9.17, 15) is 9.59 Å². The van der Waals surface area contributed by atoms with Gasteiger partial charge in [0, 0.05) is 19.2 Å². The van der Waals surface area contributed by atoms with Crippen LogP contribution in [0.3, 0.4) is 0 Å². The Labute approximate surface area is 148 Å². The van der Waals surface area contributed by atoms with Crippen molar-refractivity contribution < 1.29 is 4.79 Å². The predicted molar refractivity (Wildman–Crippen MR) is 99.9 cm³/mol. The van der Waals surface area contributed by atoms with Gasteiger partial charge in [0.2, 0.25) is 5.56 Å². The van der Waals surface area contributed by atoms with Crippen molar-refractivity contribution in [3.8, 4) is 0 Å². The van der Waals surface area contributed by atoms with Crippen molar-refractivity contribution in [2.24, 2.45) is 5.92 Å². The number of hydrogen-bond donors (Lipinski definition) is 1. The van der Waals surface area contributed by atoms with E-state index in [1.165, 1.54) is 17.2 Å². The van der Waals surface area contributed by atoms with E-state index in [1.807, 2.05) is 4.90 Å². The molecular weight excluding hydrogens is 312 g/mol. The molecule has 4 nitrogen and oxygen atoms in total.